The molecule has 1 spiro atoms. The highest BCUT2D eigenvalue weighted by molar-refractivity contribution is 5.91. The minimum absolute atomic E-state index is 0.0359. The van der Waals surface area contributed by atoms with Crippen molar-refractivity contribution in [1.82, 2.24) is 5.32 Å². The molecule has 0 aromatic heterocycles. The van der Waals surface area contributed by atoms with Crippen LogP contribution in [-0.2, 0) is 35.0 Å². The van der Waals surface area contributed by atoms with E-state index in [0.29, 0.717) is 12.8 Å². The van der Waals surface area contributed by atoms with E-state index in [9.17, 15) is 19.5 Å². The first-order valence-electron chi connectivity index (χ1n) is 13.7. The highest BCUT2D eigenvalue weighted by Gasteiger charge is 2.82. The van der Waals surface area contributed by atoms with Crippen molar-refractivity contribution in [3.8, 4) is 0 Å². The number of rotatable bonds is 3. The van der Waals surface area contributed by atoms with Crippen LogP contribution in [0.3, 0.4) is 0 Å². The highest BCUT2D eigenvalue weighted by atomic mass is 16.6. The molecule has 8 heteroatoms. The molecule has 1 aromatic rings. The Kier molecular flexibility index (Phi) is 5.73. The Morgan fingerprint density at radius 3 is 2.55 bits per heavy atom. The number of Topliss-reactive ketones (excluding diaryl/α,β-unsaturated/α-hetero) is 1. The second-order valence-corrected chi connectivity index (χ2v) is 12.4. The van der Waals surface area contributed by atoms with Crippen molar-refractivity contribution in [2.24, 2.45) is 29.1 Å². The molecule has 4 fully saturated rings. The molecule has 204 valence electrons. The fourth-order valence-corrected chi connectivity index (χ4v) is 8.09. The number of carbonyl (C=O) groups excluding carboxylic acids is 3. The van der Waals surface area contributed by atoms with Crippen molar-refractivity contribution in [2.75, 3.05) is 0 Å². The van der Waals surface area contributed by atoms with Gasteiger partial charge in [0.1, 0.15) is 17.1 Å². The molecule has 38 heavy (non-hydrogen) atoms. The van der Waals surface area contributed by atoms with Crippen LogP contribution >= 0.6 is 0 Å². The number of ether oxygens (including phenoxy) is 3. The predicted octanol–water partition coefficient (Wildman–Crippen LogP) is 2.37. The number of hydrogen-bond acceptors (Lipinski definition) is 7. The maximum absolute atomic E-state index is 14.4. The Morgan fingerprint density at radius 2 is 1.87 bits per heavy atom. The number of ketones is 1. The van der Waals surface area contributed by atoms with E-state index in [1.807, 2.05) is 30.3 Å². The van der Waals surface area contributed by atoms with Gasteiger partial charge in [0.2, 0.25) is 5.91 Å². The second-order valence-electron chi connectivity index (χ2n) is 12.4. The van der Waals surface area contributed by atoms with E-state index in [1.165, 1.54) is 19.9 Å². The number of amides is 1. The lowest BCUT2D eigenvalue weighted by molar-refractivity contribution is -0.166. The van der Waals surface area contributed by atoms with Gasteiger partial charge < -0.3 is 24.6 Å². The first-order valence-corrected chi connectivity index (χ1v) is 13.7. The summed E-state index contributed by atoms with van der Waals surface area (Å²) in [7, 11) is 0. The monoisotopic (exact) mass is 523 g/mol. The summed E-state index contributed by atoms with van der Waals surface area (Å²) >= 11 is 0. The third-order valence-corrected chi connectivity index (χ3v) is 10.1. The van der Waals surface area contributed by atoms with Crippen molar-refractivity contribution >= 4 is 17.7 Å². The van der Waals surface area contributed by atoms with Crippen molar-refractivity contribution in [3.63, 3.8) is 0 Å². The normalized spacial score (nSPS) is 49.8. The third kappa shape index (κ3) is 3.63. The molecule has 2 N–H and O–H groups in total. The predicted molar refractivity (Wildman–Crippen MR) is 137 cm³/mol. The zero-order valence-electron chi connectivity index (χ0n) is 22.5. The molecule has 8 unspecified atom stereocenters. The molecule has 1 aromatic carbocycles. The average Bonchev–Trinajstić information content (AvgIpc) is 3.74. The van der Waals surface area contributed by atoms with Crippen molar-refractivity contribution < 1.29 is 33.7 Å². The summed E-state index contributed by atoms with van der Waals surface area (Å²) in [5.41, 5.74) is -2.30. The molecule has 0 bridgehead atoms. The minimum Gasteiger partial charge on any atom is -0.457 e. The molecule has 3 aliphatic heterocycles. The Morgan fingerprint density at radius 1 is 1.16 bits per heavy atom. The van der Waals surface area contributed by atoms with E-state index in [4.69, 9.17) is 14.2 Å². The maximum atomic E-state index is 14.4. The van der Waals surface area contributed by atoms with Gasteiger partial charge in [-0.25, -0.2) is 0 Å². The topological polar surface area (TPSA) is 118 Å². The smallest absolute Gasteiger partial charge is 0.303 e. The fraction of sp³-hybridized carbons (Fsp3) is 0.633. The first-order chi connectivity index (χ1) is 17.9. The zero-order chi connectivity index (χ0) is 27.2. The van der Waals surface area contributed by atoms with Crippen LogP contribution in [-0.4, -0.2) is 64.4 Å². The van der Waals surface area contributed by atoms with E-state index in [-0.39, 0.29) is 53.8 Å². The van der Waals surface area contributed by atoms with Crippen LogP contribution in [0.4, 0.5) is 0 Å². The number of hydrogen-bond donors (Lipinski definition) is 2. The van der Waals surface area contributed by atoms with Crippen LogP contribution < -0.4 is 5.32 Å². The number of aliphatic hydroxyl groups is 1. The SMILES string of the molecule is CC(=O)OC1/C=C/C(C)(O)C(=O)C(C)CC2OC2C2C3OC3(C)[C@@H](C)[C@H]3[C@H](Cc4ccccc4)NC(=O)[C@@]123. The van der Waals surface area contributed by atoms with Crippen LogP contribution in [0.15, 0.2) is 42.5 Å². The summed E-state index contributed by atoms with van der Waals surface area (Å²) in [4.78, 5) is 40.1. The number of nitrogens with one attached hydrogen (secondary N) is 1. The summed E-state index contributed by atoms with van der Waals surface area (Å²) in [6.07, 6.45) is 2.22. The van der Waals surface area contributed by atoms with E-state index in [2.05, 4.69) is 19.2 Å². The number of epoxide rings is 2. The Bertz CT molecular complexity index is 1200. The molecule has 1 amide bonds. The zero-order valence-corrected chi connectivity index (χ0v) is 22.5. The highest BCUT2D eigenvalue weighted by Crippen LogP contribution is 2.69. The van der Waals surface area contributed by atoms with Gasteiger partial charge in [-0.05, 0) is 50.3 Å². The van der Waals surface area contributed by atoms with Gasteiger partial charge in [-0.2, -0.15) is 0 Å². The number of carbonyl (C=O) groups is 3. The largest absolute Gasteiger partial charge is 0.457 e. The van der Waals surface area contributed by atoms with Crippen molar-refractivity contribution in [2.45, 2.75) is 89.1 Å². The number of benzene rings is 1. The van der Waals surface area contributed by atoms with Crippen LogP contribution in [0, 0.1) is 29.1 Å². The van der Waals surface area contributed by atoms with Gasteiger partial charge in [-0.1, -0.05) is 44.2 Å². The van der Waals surface area contributed by atoms with Crippen molar-refractivity contribution in [3.05, 3.63) is 48.0 Å². The van der Waals surface area contributed by atoms with Gasteiger partial charge in [0.25, 0.3) is 0 Å². The van der Waals surface area contributed by atoms with E-state index >= 15 is 0 Å². The van der Waals surface area contributed by atoms with Gasteiger partial charge in [0, 0.05) is 30.7 Å². The Hall–Kier alpha value is -2.55. The molecule has 3 heterocycles. The van der Waals surface area contributed by atoms with Gasteiger partial charge in [0.15, 0.2) is 5.78 Å². The average molecular weight is 524 g/mol. The lowest BCUT2D eigenvalue weighted by atomic mass is 9.50. The fourth-order valence-electron chi connectivity index (χ4n) is 8.09. The lowest BCUT2D eigenvalue weighted by Gasteiger charge is -2.50. The standard InChI is InChI=1S/C30H37NO7/c1-15-13-20-24(37-20)23-26-29(5,38-26)16(2)22-19(14-18-9-7-6-8-10-18)31-27(34)30(22,23)21(36-17(3)32)11-12-28(4,35)25(15)33/h6-12,15-16,19-24,26,35H,13-14H2,1-5H3,(H,31,34)/b12-11+/t15?,16-,19-,20?,21?,22-,23?,24?,26?,28?,29?,30+/m0/s1. The quantitative estimate of drug-likeness (QED) is 0.355. The van der Waals surface area contributed by atoms with E-state index in [0.717, 1.165) is 5.56 Å². The number of fused-ring (bicyclic) bond motifs is 4. The minimum atomic E-state index is -1.78. The van der Waals surface area contributed by atoms with E-state index in [1.54, 1.807) is 13.0 Å². The van der Waals surface area contributed by atoms with Gasteiger partial charge in [-0.15, -0.1) is 0 Å². The van der Waals surface area contributed by atoms with Crippen LogP contribution in [0.5, 0.6) is 0 Å². The molecular formula is C30H37NO7. The number of esters is 1. The molecule has 12 atom stereocenters. The Balaban J connectivity index is 1.53. The third-order valence-electron chi connectivity index (χ3n) is 10.1. The summed E-state index contributed by atoms with van der Waals surface area (Å²) < 4.78 is 18.6. The maximum Gasteiger partial charge on any atom is 0.303 e. The molecular weight excluding hydrogens is 486 g/mol. The summed E-state index contributed by atoms with van der Waals surface area (Å²) in [6.45, 7) is 8.78. The molecule has 6 rings (SSSR count). The molecule has 2 aliphatic carbocycles. The lowest BCUT2D eigenvalue weighted by Crippen LogP contribution is -2.62. The molecule has 0 radical (unpaired) electrons. The van der Waals surface area contributed by atoms with Gasteiger partial charge >= 0.3 is 5.97 Å². The summed E-state index contributed by atoms with van der Waals surface area (Å²) in [6, 6.07) is 9.80. The molecule has 3 saturated heterocycles. The van der Waals surface area contributed by atoms with Gasteiger partial charge in [-0.3, -0.25) is 14.4 Å². The van der Waals surface area contributed by atoms with Crippen molar-refractivity contribution in [1.29, 1.82) is 0 Å². The first kappa shape index (κ1) is 25.7. The van der Waals surface area contributed by atoms with E-state index < -0.39 is 34.6 Å². The van der Waals surface area contributed by atoms with Crippen LogP contribution in [0.25, 0.3) is 0 Å². The molecule has 5 aliphatic rings. The second kappa shape index (κ2) is 8.47. The van der Waals surface area contributed by atoms with Crippen LogP contribution in [0.2, 0.25) is 0 Å². The summed E-state index contributed by atoms with van der Waals surface area (Å²) in [5, 5.41) is 14.4. The van der Waals surface area contributed by atoms with Gasteiger partial charge in [0.05, 0.1) is 23.9 Å². The summed E-state index contributed by atoms with van der Waals surface area (Å²) in [5.74, 6) is -2.17. The van der Waals surface area contributed by atoms with Crippen LogP contribution in [0.1, 0.15) is 46.6 Å². The Labute approximate surface area is 223 Å². The molecule has 8 nitrogen and oxygen atoms in total. The molecule has 1 saturated carbocycles.